The molecule has 2 aromatic rings. The van der Waals surface area contributed by atoms with Crippen molar-refractivity contribution < 1.29 is 4.79 Å². The van der Waals surface area contributed by atoms with E-state index in [0.29, 0.717) is 10.2 Å². The molecular weight excluding hydrogens is 372 g/mol. The summed E-state index contributed by atoms with van der Waals surface area (Å²) in [6, 6.07) is 8.27. The molecule has 1 aliphatic heterocycles. The van der Waals surface area contributed by atoms with Gasteiger partial charge < -0.3 is 4.90 Å². The molecule has 1 aliphatic rings. The van der Waals surface area contributed by atoms with Gasteiger partial charge in [-0.05, 0) is 37.5 Å². The Morgan fingerprint density at radius 1 is 1.52 bits per heavy atom. The molecular formula is C15H14BrClN2OS. The van der Waals surface area contributed by atoms with Crippen LogP contribution in [0.2, 0.25) is 4.47 Å². The van der Waals surface area contributed by atoms with Crippen LogP contribution < -0.4 is 0 Å². The van der Waals surface area contributed by atoms with Gasteiger partial charge in [-0.2, -0.15) is 0 Å². The fraction of sp³-hybridized carbons (Fsp3) is 0.333. The summed E-state index contributed by atoms with van der Waals surface area (Å²) < 4.78 is 1.46. The van der Waals surface area contributed by atoms with E-state index in [2.05, 4.69) is 33.0 Å². The fourth-order valence-corrected chi connectivity index (χ4v) is 4.24. The molecule has 1 amide bonds. The van der Waals surface area contributed by atoms with Crippen molar-refractivity contribution in [3.05, 3.63) is 49.3 Å². The Balaban J connectivity index is 1.90. The summed E-state index contributed by atoms with van der Waals surface area (Å²) >= 11 is 10.8. The maximum atomic E-state index is 12.7. The molecule has 3 nitrogen and oxygen atoms in total. The first-order valence-electron chi connectivity index (χ1n) is 6.75. The zero-order valence-electron chi connectivity index (χ0n) is 11.5. The maximum Gasteiger partial charge on any atom is 0.274 e. The largest absolute Gasteiger partial charge is 0.330 e. The zero-order chi connectivity index (χ0) is 15.0. The van der Waals surface area contributed by atoms with Crippen LogP contribution in [0.15, 0.2) is 28.7 Å². The van der Waals surface area contributed by atoms with E-state index in [0.717, 1.165) is 34.3 Å². The van der Waals surface area contributed by atoms with Crippen molar-refractivity contribution in [2.75, 3.05) is 6.54 Å². The first-order valence-corrected chi connectivity index (χ1v) is 8.74. The van der Waals surface area contributed by atoms with Crippen molar-refractivity contribution in [2.45, 2.75) is 25.8 Å². The number of carbonyl (C=O) groups excluding carboxylic acids is 1. The molecule has 0 bridgehead atoms. The molecule has 1 atom stereocenters. The van der Waals surface area contributed by atoms with Gasteiger partial charge in [-0.3, -0.25) is 4.79 Å². The molecule has 6 heteroatoms. The molecule has 1 fully saturated rings. The first kappa shape index (κ1) is 15.0. The monoisotopic (exact) mass is 384 g/mol. The van der Waals surface area contributed by atoms with Gasteiger partial charge >= 0.3 is 0 Å². The van der Waals surface area contributed by atoms with E-state index in [9.17, 15) is 4.79 Å². The second-order valence-corrected chi connectivity index (χ2v) is 7.78. The first-order chi connectivity index (χ1) is 10.1. The topological polar surface area (TPSA) is 33.2 Å². The average molecular weight is 386 g/mol. The highest BCUT2D eigenvalue weighted by molar-refractivity contribution is 9.10. The van der Waals surface area contributed by atoms with Crippen LogP contribution in [0.3, 0.4) is 0 Å². The molecule has 1 saturated heterocycles. The molecule has 3 rings (SSSR count). The summed E-state index contributed by atoms with van der Waals surface area (Å²) in [4.78, 5) is 19.7. The molecule has 0 aliphatic carbocycles. The van der Waals surface area contributed by atoms with Crippen molar-refractivity contribution in [1.29, 1.82) is 0 Å². The highest BCUT2D eigenvalue weighted by Crippen LogP contribution is 2.35. The minimum atomic E-state index is -0.0156. The summed E-state index contributed by atoms with van der Waals surface area (Å²) in [5.41, 5.74) is 1.65. The minimum absolute atomic E-state index is 0.0156. The van der Waals surface area contributed by atoms with Crippen LogP contribution in [0.1, 0.15) is 39.8 Å². The van der Waals surface area contributed by atoms with E-state index < -0.39 is 0 Å². The van der Waals surface area contributed by atoms with E-state index in [1.54, 1.807) is 0 Å². The third kappa shape index (κ3) is 3.00. The molecule has 2 heterocycles. The van der Waals surface area contributed by atoms with Crippen molar-refractivity contribution in [1.82, 2.24) is 9.88 Å². The van der Waals surface area contributed by atoms with Gasteiger partial charge in [0.05, 0.1) is 6.04 Å². The van der Waals surface area contributed by atoms with Crippen molar-refractivity contribution in [3.63, 3.8) is 0 Å². The number of benzene rings is 1. The molecule has 1 aromatic heterocycles. The number of nitrogens with zero attached hydrogens (tertiary/aromatic N) is 2. The Morgan fingerprint density at radius 3 is 3.00 bits per heavy atom. The number of halogens is 2. The van der Waals surface area contributed by atoms with Gasteiger partial charge in [0, 0.05) is 15.9 Å². The second-order valence-electron chi connectivity index (χ2n) is 5.08. The van der Waals surface area contributed by atoms with E-state index in [1.165, 1.54) is 11.3 Å². The van der Waals surface area contributed by atoms with Crippen LogP contribution in [-0.4, -0.2) is 22.3 Å². The lowest BCUT2D eigenvalue weighted by atomic mass is 10.0. The van der Waals surface area contributed by atoms with E-state index in [-0.39, 0.29) is 11.9 Å². The molecule has 0 radical (unpaired) electrons. The third-order valence-electron chi connectivity index (χ3n) is 3.72. The van der Waals surface area contributed by atoms with Gasteiger partial charge in [0.25, 0.3) is 5.91 Å². The Kier molecular flexibility index (Phi) is 4.33. The van der Waals surface area contributed by atoms with Crippen LogP contribution in [0, 0.1) is 6.92 Å². The zero-order valence-corrected chi connectivity index (χ0v) is 14.6. The Hall–Kier alpha value is -0.910. The van der Waals surface area contributed by atoms with Gasteiger partial charge in [-0.25, -0.2) is 4.98 Å². The predicted octanol–water partition coefficient (Wildman–Crippen LogP) is 4.84. The number of rotatable bonds is 2. The lowest BCUT2D eigenvalue weighted by Gasteiger charge is -2.24. The Labute approximate surface area is 141 Å². The average Bonchev–Trinajstić information content (AvgIpc) is 3.04. The summed E-state index contributed by atoms with van der Waals surface area (Å²) in [7, 11) is 0. The SMILES string of the molecule is Cc1sc(Cl)nc1C(=O)N1CCCC1c1cccc(Br)c1. The van der Waals surface area contributed by atoms with Crippen LogP contribution in [0.25, 0.3) is 0 Å². The third-order valence-corrected chi connectivity index (χ3v) is 5.29. The molecule has 0 saturated carbocycles. The lowest BCUT2D eigenvalue weighted by molar-refractivity contribution is 0.0730. The summed E-state index contributed by atoms with van der Waals surface area (Å²) in [5, 5.41) is 0. The molecule has 0 spiro atoms. The molecule has 110 valence electrons. The van der Waals surface area contributed by atoms with Gasteiger partial charge in [-0.1, -0.05) is 39.7 Å². The number of hydrogen-bond acceptors (Lipinski definition) is 3. The van der Waals surface area contributed by atoms with E-state index in [1.807, 2.05) is 24.0 Å². The molecule has 21 heavy (non-hydrogen) atoms. The number of thiazole rings is 1. The Bertz CT molecular complexity index is 688. The normalized spacial score (nSPS) is 18.2. The number of likely N-dealkylation sites (tertiary alicyclic amines) is 1. The Morgan fingerprint density at radius 2 is 2.33 bits per heavy atom. The van der Waals surface area contributed by atoms with Crippen molar-refractivity contribution >= 4 is 44.8 Å². The quantitative estimate of drug-likeness (QED) is 0.740. The molecule has 1 unspecified atom stereocenters. The second kappa shape index (κ2) is 6.07. The van der Waals surface area contributed by atoms with Crippen LogP contribution in [0.5, 0.6) is 0 Å². The van der Waals surface area contributed by atoms with Crippen LogP contribution in [0.4, 0.5) is 0 Å². The number of aromatic nitrogens is 1. The molecule has 1 aromatic carbocycles. The van der Waals surface area contributed by atoms with Crippen LogP contribution >= 0.6 is 38.9 Å². The number of amides is 1. The van der Waals surface area contributed by atoms with Gasteiger partial charge in [0.1, 0.15) is 5.69 Å². The highest BCUT2D eigenvalue weighted by Gasteiger charge is 2.32. The lowest BCUT2D eigenvalue weighted by Crippen LogP contribution is -2.31. The van der Waals surface area contributed by atoms with Gasteiger partial charge in [0.15, 0.2) is 4.47 Å². The van der Waals surface area contributed by atoms with E-state index >= 15 is 0 Å². The summed E-state index contributed by atoms with van der Waals surface area (Å²) in [6.45, 7) is 2.66. The molecule has 0 N–H and O–H groups in total. The maximum absolute atomic E-state index is 12.7. The van der Waals surface area contributed by atoms with Gasteiger partial charge in [-0.15, -0.1) is 11.3 Å². The number of carbonyl (C=O) groups is 1. The minimum Gasteiger partial charge on any atom is -0.330 e. The fourth-order valence-electron chi connectivity index (χ4n) is 2.77. The smallest absolute Gasteiger partial charge is 0.274 e. The van der Waals surface area contributed by atoms with Gasteiger partial charge in [0.2, 0.25) is 0 Å². The number of aryl methyl sites for hydroxylation is 1. The van der Waals surface area contributed by atoms with Crippen molar-refractivity contribution in [3.8, 4) is 0 Å². The van der Waals surface area contributed by atoms with E-state index in [4.69, 9.17) is 11.6 Å². The van der Waals surface area contributed by atoms with Crippen molar-refractivity contribution in [2.24, 2.45) is 0 Å². The highest BCUT2D eigenvalue weighted by atomic mass is 79.9. The standard InChI is InChI=1S/C15H14BrClN2OS/c1-9-13(18-15(17)21-9)14(20)19-7-3-6-12(19)10-4-2-5-11(16)8-10/h2,4-5,8,12H,3,6-7H2,1H3. The van der Waals surface area contributed by atoms with Crippen LogP contribution in [-0.2, 0) is 0 Å². The number of hydrogen-bond donors (Lipinski definition) is 0. The predicted molar refractivity (Wildman–Crippen MR) is 89.0 cm³/mol. The summed E-state index contributed by atoms with van der Waals surface area (Å²) in [5.74, 6) is -0.0156. The summed E-state index contributed by atoms with van der Waals surface area (Å²) in [6.07, 6.45) is 2.00.